The summed E-state index contributed by atoms with van der Waals surface area (Å²) in [6.07, 6.45) is -1.73. The Morgan fingerprint density at radius 2 is 1.81 bits per heavy atom. The van der Waals surface area contributed by atoms with Crippen LogP contribution in [-0.4, -0.2) is 60.1 Å². The van der Waals surface area contributed by atoms with Crippen molar-refractivity contribution in [3.63, 3.8) is 0 Å². The van der Waals surface area contributed by atoms with Crippen LogP contribution in [0.1, 0.15) is 18.9 Å². The second kappa shape index (κ2) is 7.22. The van der Waals surface area contributed by atoms with Crippen LogP contribution in [0, 0.1) is 17.5 Å². The van der Waals surface area contributed by atoms with Crippen molar-refractivity contribution in [3.8, 4) is 5.75 Å². The monoisotopic (exact) mass is 453 g/mol. The summed E-state index contributed by atoms with van der Waals surface area (Å²) in [6.45, 7) is 1.87. The maximum atomic E-state index is 15.7. The highest BCUT2D eigenvalue weighted by atomic mass is 19.2. The predicted octanol–water partition coefficient (Wildman–Crippen LogP) is 3.21. The lowest BCUT2D eigenvalue weighted by molar-refractivity contribution is 0.143. The molecule has 1 aliphatic carbocycles. The standard InChI is InChI=1S/C21H19F4N3O4/c1-26-3-2-9-6-27(7-10(9)5-26)19-16(24)15(23)14-18(17(19)25)28(12-4-11(12)22)8-13(20(14)29)32-21(30)31/h8,11-12H,2-7H2,1H3,(H,30,31)/t11-,12-/m1/s1. The van der Waals surface area contributed by atoms with E-state index in [0.29, 0.717) is 6.54 Å². The van der Waals surface area contributed by atoms with Gasteiger partial charge in [0.25, 0.3) is 0 Å². The number of carboxylic acid groups (broad SMARTS) is 1. The van der Waals surface area contributed by atoms with Gasteiger partial charge in [-0.05, 0) is 24.6 Å². The van der Waals surface area contributed by atoms with Gasteiger partial charge in [0.05, 0.1) is 23.1 Å². The number of aromatic nitrogens is 1. The van der Waals surface area contributed by atoms with Crippen LogP contribution in [0.4, 0.5) is 28.0 Å². The first-order valence-corrected chi connectivity index (χ1v) is 10.1. The molecular formula is C21H19F4N3O4. The lowest BCUT2D eigenvalue weighted by Crippen LogP contribution is -2.28. The van der Waals surface area contributed by atoms with Crippen molar-refractivity contribution >= 4 is 22.7 Å². The summed E-state index contributed by atoms with van der Waals surface area (Å²) in [5, 5.41) is 7.84. The number of alkyl halides is 1. The van der Waals surface area contributed by atoms with Gasteiger partial charge in [0, 0.05) is 32.6 Å². The number of benzene rings is 1. The van der Waals surface area contributed by atoms with E-state index >= 15 is 13.2 Å². The molecule has 32 heavy (non-hydrogen) atoms. The molecule has 1 N–H and O–H groups in total. The van der Waals surface area contributed by atoms with Crippen molar-refractivity contribution in [2.24, 2.45) is 0 Å². The molecule has 2 aliphatic heterocycles. The number of rotatable bonds is 3. The zero-order valence-corrected chi connectivity index (χ0v) is 17.0. The topological polar surface area (TPSA) is 75.0 Å². The number of halogens is 4. The molecule has 2 atom stereocenters. The third-order valence-electron chi connectivity index (χ3n) is 6.31. The quantitative estimate of drug-likeness (QED) is 0.333. The van der Waals surface area contributed by atoms with E-state index in [4.69, 9.17) is 5.11 Å². The van der Waals surface area contributed by atoms with Gasteiger partial charge in [-0.1, -0.05) is 0 Å². The highest BCUT2D eigenvalue weighted by molar-refractivity contribution is 5.87. The average Bonchev–Trinajstić information content (AvgIpc) is 3.30. The Morgan fingerprint density at radius 3 is 2.47 bits per heavy atom. The number of carbonyl (C=O) groups is 1. The van der Waals surface area contributed by atoms with Gasteiger partial charge in [0.15, 0.2) is 23.2 Å². The summed E-state index contributed by atoms with van der Waals surface area (Å²) < 4.78 is 65.2. The number of nitrogens with zero attached hydrogens (tertiary/aromatic N) is 3. The molecular weight excluding hydrogens is 434 g/mol. The maximum absolute atomic E-state index is 15.7. The fourth-order valence-electron chi connectivity index (χ4n) is 4.65. The Morgan fingerprint density at radius 1 is 1.12 bits per heavy atom. The highest BCUT2D eigenvalue weighted by Crippen LogP contribution is 2.44. The van der Waals surface area contributed by atoms with Crippen LogP contribution in [-0.2, 0) is 0 Å². The van der Waals surface area contributed by atoms with Gasteiger partial charge in [-0.2, -0.15) is 0 Å². The third kappa shape index (κ3) is 3.14. The second-order valence-electron chi connectivity index (χ2n) is 8.48. The number of anilines is 1. The molecule has 3 aliphatic rings. The normalized spacial score (nSPS) is 23.1. The summed E-state index contributed by atoms with van der Waals surface area (Å²) in [5.41, 5.74) is -0.503. The molecule has 0 radical (unpaired) electrons. The van der Waals surface area contributed by atoms with Crippen molar-refractivity contribution in [2.75, 3.05) is 38.1 Å². The maximum Gasteiger partial charge on any atom is 0.511 e. The van der Waals surface area contributed by atoms with Crippen LogP contribution in [0.5, 0.6) is 5.75 Å². The average molecular weight is 453 g/mol. The van der Waals surface area contributed by atoms with E-state index in [9.17, 15) is 14.0 Å². The number of fused-ring (bicyclic) bond motifs is 1. The lowest BCUT2D eigenvalue weighted by atomic mass is 10.0. The summed E-state index contributed by atoms with van der Waals surface area (Å²) >= 11 is 0. The van der Waals surface area contributed by atoms with Crippen LogP contribution in [0.25, 0.3) is 10.9 Å². The van der Waals surface area contributed by atoms with E-state index in [1.807, 2.05) is 7.05 Å². The van der Waals surface area contributed by atoms with Gasteiger partial charge in [0.1, 0.15) is 11.9 Å². The van der Waals surface area contributed by atoms with E-state index in [0.717, 1.165) is 34.9 Å². The molecule has 1 aromatic carbocycles. The Labute approximate surface area is 179 Å². The Bertz CT molecular complexity index is 1260. The van der Waals surface area contributed by atoms with Gasteiger partial charge in [-0.25, -0.2) is 22.4 Å². The fourth-order valence-corrected chi connectivity index (χ4v) is 4.65. The fraction of sp³-hybridized carbons (Fsp3) is 0.429. The molecule has 170 valence electrons. The number of hydrogen-bond donors (Lipinski definition) is 1. The third-order valence-corrected chi connectivity index (χ3v) is 6.31. The zero-order valence-electron chi connectivity index (χ0n) is 17.0. The van der Waals surface area contributed by atoms with Crippen molar-refractivity contribution < 1.29 is 32.2 Å². The van der Waals surface area contributed by atoms with E-state index in [2.05, 4.69) is 9.64 Å². The van der Waals surface area contributed by atoms with Crippen LogP contribution in [0.3, 0.4) is 0 Å². The molecule has 2 aromatic rings. The van der Waals surface area contributed by atoms with Crippen molar-refractivity contribution in [1.29, 1.82) is 0 Å². The molecule has 1 aromatic heterocycles. The molecule has 0 unspecified atom stereocenters. The van der Waals surface area contributed by atoms with Gasteiger partial charge < -0.3 is 24.2 Å². The number of pyridine rings is 1. The van der Waals surface area contributed by atoms with E-state index in [-0.39, 0.29) is 19.5 Å². The van der Waals surface area contributed by atoms with E-state index in [1.54, 1.807) is 0 Å². The van der Waals surface area contributed by atoms with Crippen LogP contribution < -0.4 is 15.1 Å². The summed E-state index contributed by atoms with van der Waals surface area (Å²) in [6, 6.07) is -0.944. The Balaban J connectivity index is 1.70. The minimum Gasteiger partial charge on any atom is -0.449 e. The minimum atomic E-state index is -1.86. The number of ether oxygens (including phenoxy) is 1. The first-order chi connectivity index (χ1) is 15.2. The first-order valence-electron chi connectivity index (χ1n) is 10.1. The highest BCUT2D eigenvalue weighted by Gasteiger charge is 2.42. The van der Waals surface area contributed by atoms with Gasteiger partial charge in [0.2, 0.25) is 5.43 Å². The molecule has 5 rings (SSSR count). The molecule has 0 bridgehead atoms. The molecule has 7 nitrogen and oxygen atoms in total. The van der Waals surface area contributed by atoms with Crippen molar-refractivity contribution in [2.45, 2.75) is 25.1 Å². The first kappa shape index (κ1) is 20.8. The molecule has 1 fully saturated rings. The van der Waals surface area contributed by atoms with E-state index < -0.39 is 63.6 Å². The molecule has 11 heteroatoms. The van der Waals surface area contributed by atoms with Gasteiger partial charge in [-0.3, -0.25) is 4.79 Å². The Kier molecular flexibility index (Phi) is 4.70. The lowest BCUT2D eigenvalue weighted by Gasteiger charge is -2.23. The van der Waals surface area contributed by atoms with Gasteiger partial charge in [-0.15, -0.1) is 0 Å². The molecule has 1 saturated carbocycles. The molecule has 3 heterocycles. The smallest absolute Gasteiger partial charge is 0.449 e. The van der Waals surface area contributed by atoms with Crippen molar-refractivity contribution in [1.82, 2.24) is 9.47 Å². The minimum absolute atomic E-state index is 0.0375. The van der Waals surface area contributed by atoms with Crippen LogP contribution in [0.15, 0.2) is 22.1 Å². The van der Waals surface area contributed by atoms with Crippen molar-refractivity contribution in [3.05, 3.63) is 45.0 Å². The molecule has 0 saturated heterocycles. The van der Waals surface area contributed by atoms with E-state index in [1.165, 1.54) is 4.90 Å². The zero-order chi connectivity index (χ0) is 22.9. The van der Waals surface area contributed by atoms with Crippen LogP contribution in [0.2, 0.25) is 0 Å². The largest absolute Gasteiger partial charge is 0.511 e. The predicted molar refractivity (Wildman–Crippen MR) is 107 cm³/mol. The van der Waals surface area contributed by atoms with Gasteiger partial charge >= 0.3 is 6.16 Å². The SMILES string of the molecule is CN1CCC2=C(C1)CN(c1c(F)c(F)c3c(=O)c(OC(=O)O)cn([C@@H]4C[C@H]4F)c3c1F)C2. The molecule has 0 amide bonds. The molecule has 0 spiro atoms. The summed E-state index contributed by atoms with van der Waals surface area (Å²) in [5.74, 6) is -5.21. The number of likely N-dealkylation sites (N-methyl/N-ethyl adjacent to an activating group) is 1. The Hall–Kier alpha value is -3.08. The summed E-state index contributed by atoms with van der Waals surface area (Å²) in [7, 11) is 1.93. The summed E-state index contributed by atoms with van der Waals surface area (Å²) in [4.78, 5) is 27.0. The number of hydrogen-bond acceptors (Lipinski definition) is 5. The van der Waals surface area contributed by atoms with Crippen LogP contribution >= 0.6 is 0 Å². The second-order valence-corrected chi connectivity index (χ2v) is 8.48.